The minimum absolute atomic E-state index is 0.00518. The monoisotopic (exact) mass is 329 g/mol. The van der Waals surface area contributed by atoms with Gasteiger partial charge in [0.25, 0.3) is 0 Å². The molecule has 0 unspecified atom stereocenters. The first kappa shape index (κ1) is 15.6. The molecular weight excluding hydrogens is 306 g/mol. The lowest BCUT2D eigenvalue weighted by molar-refractivity contribution is -0.125. The highest BCUT2D eigenvalue weighted by Crippen LogP contribution is 2.65. The molecule has 0 bridgehead atoms. The third kappa shape index (κ3) is 2.34. The average Bonchev–Trinajstić information content (AvgIpc) is 3.20. The van der Waals surface area contributed by atoms with Crippen LogP contribution < -0.4 is 10.1 Å². The zero-order chi connectivity index (χ0) is 16.9. The zero-order valence-electron chi connectivity index (χ0n) is 14.1. The molecule has 1 aromatic rings. The molecule has 1 N–H and O–H groups in total. The summed E-state index contributed by atoms with van der Waals surface area (Å²) in [5.74, 6) is 1.35. The minimum Gasteiger partial charge on any atom is -0.486 e. The number of nitrogens with one attached hydrogen (secondary N) is 1. The molecule has 5 nitrogen and oxygen atoms in total. The highest BCUT2D eigenvalue weighted by atomic mass is 16.5. The van der Waals surface area contributed by atoms with Gasteiger partial charge in [0.05, 0.1) is 18.6 Å². The molecule has 1 aliphatic heterocycles. The molecule has 5 heteroatoms. The van der Waals surface area contributed by atoms with E-state index in [1.54, 1.807) is 7.11 Å². The maximum absolute atomic E-state index is 12.6. The normalized spacial score (nSPS) is 34.2. The predicted octanol–water partition coefficient (Wildman–Crippen LogP) is 2.20. The number of methoxy groups -OCH3 is 1. The van der Waals surface area contributed by atoms with Crippen molar-refractivity contribution in [1.29, 1.82) is 0 Å². The molecule has 0 aromatic heterocycles. The lowest BCUT2D eigenvalue weighted by Gasteiger charge is -2.37. The Kier molecular flexibility index (Phi) is 3.64. The molecule has 128 valence electrons. The van der Waals surface area contributed by atoms with Crippen LogP contribution in [0.5, 0.6) is 5.75 Å². The fourth-order valence-electron chi connectivity index (χ4n) is 4.75. The van der Waals surface area contributed by atoms with Crippen LogP contribution in [0.4, 0.5) is 0 Å². The predicted molar refractivity (Wildman–Crippen MR) is 87.9 cm³/mol. The Morgan fingerprint density at radius 1 is 1.46 bits per heavy atom. The first-order chi connectivity index (χ1) is 11.6. The second kappa shape index (κ2) is 5.59. The van der Waals surface area contributed by atoms with E-state index in [9.17, 15) is 9.59 Å². The molecule has 0 radical (unpaired) electrons. The first-order valence-corrected chi connectivity index (χ1v) is 8.66. The van der Waals surface area contributed by atoms with Gasteiger partial charge in [0, 0.05) is 25.0 Å². The Labute approximate surface area is 141 Å². The molecule has 1 heterocycles. The number of ketones is 1. The SMILES string of the molecule is COC[C@H](C)NC(=O)[C@@H]1[C@@H]2CC[C@]3(CC(=O)c4ccccc4O3)[C@@H]21. The van der Waals surface area contributed by atoms with Gasteiger partial charge >= 0.3 is 0 Å². The van der Waals surface area contributed by atoms with Gasteiger partial charge in [0.1, 0.15) is 11.4 Å². The number of benzene rings is 1. The van der Waals surface area contributed by atoms with Gasteiger partial charge in [-0.2, -0.15) is 0 Å². The van der Waals surface area contributed by atoms with Gasteiger partial charge in [0.15, 0.2) is 5.78 Å². The summed E-state index contributed by atoms with van der Waals surface area (Å²) in [5.41, 5.74) is 0.185. The van der Waals surface area contributed by atoms with Crippen LogP contribution in [-0.4, -0.2) is 37.0 Å². The number of hydrogen-bond donors (Lipinski definition) is 1. The lowest BCUT2D eigenvalue weighted by atomic mass is 9.84. The van der Waals surface area contributed by atoms with Crippen molar-refractivity contribution in [3.63, 3.8) is 0 Å². The number of amides is 1. The van der Waals surface area contributed by atoms with Gasteiger partial charge in [-0.15, -0.1) is 0 Å². The molecule has 24 heavy (non-hydrogen) atoms. The summed E-state index contributed by atoms with van der Waals surface area (Å²) in [4.78, 5) is 25.1. The van der Waals surface area contributed by atoms with Crippen LogP contribution in [0.2, 0.25) is 0 Å². The number of Topliss-reactive ketones (excluding diaryl/α,β-unsaturated/α-hetero) is 1. The molecule has 2 aliphatic carbocycles. The molecule has 0 saturated heterocycles. The van der Waals surface area contributed by atoms with Crippen molar-refractivity contribution in [2.75, 3.05) is 13.7 Å². The van der Waals surface area contributed by atoms with E-state index in [2.05, 4.69) is 5.32 Å². The average molecular weight is 329 g/mol. The summed E-state index contributed by atoms with van der Waals surface area (Å²) >= 11 is 0. The maximum atomic E-state index is 12.6. The summed E-state index contributed by atoms with van der Waals surface area (Å²) in [6.07, 6.45) is 2.21. The number of carbonyl (C=O) groups excluding carboxylic acids is 2. The van der Waals surface area contributed by atoms with Gasteiger partial charge in [-0.1, -0.05) is 12.1 Å². The number of fused-ring (bicyclic) bond motifs is 3. The molecule has 2 saturated carbocycles. The number of rotatable bonds is 4. The highest BCUT2D eigenvalue weighted by molar-refractivity contribution is 6.00. The van der Waals surface area contributed by atoms with Crippen LogP contribution in [0, 0.1) is 17.8 Å². The number of para-hydroxylation sites is 1. The third-order valence-electron chi connectivity index (χ3n) is 5.75. The molecule has 1 spiro atoms. The quantitative estimate of drug-likeness (QED) is 0.920. The second-order valence-corrected chi connectivity index (χ2v) is 7.38. The van der Waals surface area contributed by atoms with Gasteiger partial charge < -0.3 is 14.8 Å². The highest BCUT2D eigenvalue weighted by Gasteiger charge is 2.70. The summed E-state index contributed by atoms with van der Waals surface area (Å²) in [7, 11) is 1.63. The smallest absolute Gasteiger partial charge is 0.224 e. The standard InChI is InChI=1S/C19H23NO4/c1-11(10-23-2)20-18(22)16-13-7-8-19(17(13)16)9-14(21)12-5-3-4-6-15(12)24-19/h3-6,11,13,16-17H,7-10H2,1-2H3,(H,20,22)/t11-,13-,16+,17-,19-/m0/s1. The second-order valence-electron chi connectivity index (χ2n) is 7.38. The Morgan fingerprint density at radius 2 is 2.25 bits per heavy atom. The Morgan fingerprint density at radius 3 is 3.04 bits per heavy atom. The van der Waals surface area contributed by atoms with E-state index in [1.807, 2.05) is 31.2 Å². The van der Waals surface area contributed by atoms with Crippen LogP contribution in [0.15, 0.2) is 24.3 Å². The maximum Gasteiger partial charge on any atom is 0.224 e. The topological polar surface area (TPSA) is 64.6 Å². The molecule has 1 amide bonds. The van der Waals surface area contributed by atoms with Crippen LogP contribution in [0.25, 0.3) is 0 Å². The van der Waals surface area contributed by atoms with E-state index in [1.165, 1.54) is 0 Å². The molecular formula is C19H23NO4. The largest absolute Gasteiger partial charge is 0.486 e. The van der Waals surface area contributed by atoms with Crippen molar-refractivity contribution in [1.82, 2.24) is 5.32 Å². The first-order valence-electron chi connectivity index (χ1n) is 8.66. The van der Waals surface area contributed by atoms with Crippen LogP contribution in [0.3, 0.4) is 0 Å². The van der Waals surface area contributed by atoms with E-state index in [0.29, 0.717) is 30.3 Å². The summed E-state index contributed by atoms with van der Waals surface area (Å²) in [5, 5.41) is 3.02. The molecule has 3 aliphatic rings. The van der Waals surface area contributed by atoms with Crippen molar-refractivity contribution in [3.05, 3.63) is 29.8 Å². The van der Waals surface area contributed by atoms with E-state index in [4.69, 9.17) is 9.47 Å². The van der Waals surface area contributed by atoms with Crippen molar-refractivity contribution >= 4 is 11.7 Å². The van der Waals surface area contributed by atoms with Gasteiger partial charge in [0.2, 0.25) is 5.91 Å². The summed E-state index contributed by atoms with van der Waals surface area (Å²) in [6, 6.07) is 7.43. The van der Waals surface area contributed by atoms with E-state index >= 15 is 0 Å². The number of hydrogen-bond acceptors (Lipinski definition) is 4. The van der Waals surface area contributed by atoms with Crippen LogP contribution >= 0.6 is 0 Å². The van der Waals surface area contributed by atoms with E-state index < -0.39 is 5.60 Å². The fraction of sp³-hybridized carbons (Fsp3) is 0.579. The van der Waals surface area contributed by atoms with Crippen LogP contribution in [0.1, 0.15) is 36.5 Å². The summed E-state index contributed by atoms with van der Waals surface area (Å²) < 4.78 is 11.4. The third-order valence-corrected chi connectivity index (χ3v) is 5.75. The number of ether oxygens (including phenoxy) is 2. The van der Waals surface area contributed by atoms with Gasteiger partial charge in [-0.05, 0) is 37.8 Å². The Hall–Kier alpha value is -1.88. The van der Waals surface area contributed by atoms with Gasteiger partial charge in [-0.25, -0.2) is 0 Å². The van der Waals surface area contributed by atoms with E-state index in [0.717, 1.165) is 12.8 Å². The van der Waals surface area contributed by atoms with Crippen molar-refractivity contribution in [2.45, 2.75) is 37.8 Å². The van der Waals surface area contributed by atoms with Crippen LogP contribution in [-0.2, 0) is 9.53 Å². The molecule has 4 rings (SSSR count). The Balaban J connectivity index is 1.51. The van der Waals surface area contributed by atoms with Gasteiger partial charge in [-0.3, -0.25) is 9.59 Å². The fourth-order valence-corrected chi connectivity index (χ4v) is 4.75. The summed E-state index contributed by atoms with van der Waals surface area (Å²) in [6.45, 7) is 2.44. The lowest BCUT2D eigenvalue weighted by Crippen LogP contribution is -2.45. The van der Waals surface area contributed by atoms with E-state index in [-0.39, 0.29) is 29.6 Å². The minimum atomic E-state index is -0.484. The molecule has 5 atom stereocenters. The van der Waals surface area contributed by atoms with Crippen molar-refractivity contribution in [3.8, 4) is 5.75 Å². The van der Waals surface area contributed by atoms with Crippen molar-refractivity contribution in [2.24, 2.45) is 17.8 Å². The zero-order valence-corrected chi connectivity index (χ0v) is 14.1. The number of carbonyl (C=O) groups is 2. The van der Waals surface area contributed by atoms with Crippen molar-refractivity contribution < 1.29 is 19.1 Å². The molecule has 2 fully saturated rings. The molecule has 1 aromatic carbocycles. The Bertz CT molecular complexity index is 688.